The lowest BCUT2D eigenvalue weighted by Crippen LogP contribution is -1.85. The Hall–Kier alpha value is -1.56. The molecule has 118 valence electrons. The van der Waals surface area contributed by atoms with Gasteiger partial charge in [0.1, 0.15) is 0 Å². The van der Waals surface area contributed by atoms with Crippen molar-refractivity contribution in [3.05, 3.63) is 59.7 Å². The van der Waals surface area contributed by atoms with E-state index in [0.717, 1.165) is 5.57 Å². The molecule has 0 saturated heterocycles. The lowest BCUT2D eigenvalue weighted by atomic mass is 10.0. The molecule has 0 amide bonds. The predicted molar refractivity (Wildman–Crippen MR) is 102 cm³/mol. The molecule has 1 aromatic carbocycles. The molecule has 0 N–H and O–H groups in total. The Morgan fingerprint density at radius 2 is 1.62 bits per heavy atom. The van der Waals surface area contributed by atoms with Crippen molar-refractivity contribution >= 4 is 12.2 Å². The summed E-state index contributed by atoms with van der Waals surface area (Å²) in [7, 11) is 0. The van der Waals surface area contributed by atoms with E-state index in [1.165, 1.54) is 36.0 Å². The third-order valence-corrected chi connectivity index (χ3v) is 2.61. The number of benzene rings is 1. The Balaban J connectivity index is 0. The first kappa shape index (κ1) is 21.7. The SMILES string of the molecule is C=Cc1cccc(C)c1/C=C\C(=C)C.CCC.CCCC. The molecule has 0 aliphatic rings. The molecule has 1 aromatic rings. The first-order valence-electron chi connectivity index (χ1n) is 8.03. The quantitative estimate of drug-likeness (QED) is 0.504. The van der Waals surface area contributed by atoms with E-state index >= 15 is 0 Å². The van der Waals surface area contributed by atoms with Crippen molar-refractivity contribution in [2.45, 2.75) is 60.8 Å². The minimum atomic E-state index is 1.06. The molecule has 0 saturated carbocycles. The van der Waals surface area contributed by atoms with Crippen molar-refractivity contribution in [2.75, 3.05) is 0 Å². The molecule has 0 atom stereocenters. The summed E-state index contributed by atoms with van der Waals surface area (Å²) in [5.41, 5.74) is 4.72. The zero-order chi connectivity index (χ0) is 16.7. The smallest absolute Gasteiger partial charge is 0.0155 e. The minimum Gasteiger partial charge on any atom is -0.0984 e. The molecule has 0 bridgehead atoms. The van der Waals surface area contributed by atoms with E-state index < -0.39 is 0 Å². The summed E-state index contributed by atoms with van der Waals surface area (Å²) in [5.74, 6) is 0. The van der Waals surface area contributed by atoms with Crippen molar-refractivity contribution in [2.24, 2.45) is 0 Å². The van der Waals surface area contributed by atoms with Crippen LogP contribution < -0.4 is 0 Å². The summed E-state index contributed by atoms with van der Waals surface area (Å²) >= 11 is 0. The molecule has 0 heteroatoms. The van der Waals surface area contributed by atoms with Gasteiger partial charge in [0.15, 0.2) is 0 Å². The second-order valence-electron chi connectivity index (χ2n) is 5.17. The maximum Gasteiger partial charge on any atom is -0.0155 e. The fourth-order valence-corrected chi connectivity index (χ4v) is 1.33. The van der Waals surface area contributed by atoms with Crippen LogP contribution in [0.4, 0.5) is 0 Å². The van der Waals surface area contributed by atoms with Gasteiger partial charge in [-0.05, 0) is 30.5 Å². The molecule has 0 nitrogen and oxygen atoms in total. The Labute approximate surface area is 133 Å². The summed E-state index contributed by atoms with van der Waals surface area (Å²) in [5, 5.41) is 0. The van der Waals surface area contributed by atoms with Gasteiger partial charge in [-0.2, -0.15) is 0 Å². The monoisotopic (exact) mass is 286 g/mol. The molecule has 0 fully saturated rings. The second kappa shape index (κ2) is 14.8. The van der Waals surface area contributed by atoms with Crippen LogP contribution in [0.3, 0.4) is 0 Å². The number of hydrogen-bond acceptors (Lipinski definition) is 0. The van der Waals surface area contributed by atoms with Gasteiger partial charge in [-0.1, -0.05) is 102 Å². The first-order chi connectivity index (χ1) is 9.98. The Kier molecular flexibility index (Phi) is 15.4. The van der Waals surface area contributed by atoms with Crippen LogP contribution in [-0.4, -0.2) is 0 Å². The van der Waals surface area contributed by atoms with Crippen LogP contribution in [-0.2, 0) is 0 Å². The molecule has 0 unspecified atom stereocenters. The number of hydrogen-bond donors (Lipinski definition) is 0. The summed E-state index contributed by atoms with van der Waals surface area (Å²) in [6.45, 7) is 20.3. The van der Waals surface area contributed by atoms with Crippen LogP contribution in [0.1, 0.15) is 70.6 Å². The average molecular weight is 287 g/mol. The van der Waals surface area contributed by atoms with E-state index in [1.54, 1.807) is 0 Å². The van der Waals surface area contributed by atoms with Crippen molar-refractivity contribution in [1.82, 2.24) is 0 Å². The van der Waals surface area contributed by atoms with Gasteiger partial charge < -0.3 is 0 Å². The van der Waals surface area contributed by atoms with Crippen LogP contribution in [0.25, 0.3) is 12.2 Å². The molecule has 0 aromatic heterocycles. The summed E-state index contributed by atoms with van der Waals surface area (Å²) < 4.78 is 0. The van der Waals surface area contributed by atoms with Gasteiger partial charge in [-0.3, -0.25) is 0 Å². The van der Waals surface area contributed by atoms with Crippen LogP contribution in [0.15, 0.2) is 43.0 Å². The van der Waals surface area contributed by atoms with E-state index in [1.807, 2.05) is 25.1 Å². The van der Waals surface area contributed by atoms with Crippen LogP contribution in [0.5, 0.6) is 0 Å². The van der Waals surface area contributed by atoms with Crippen molar-refractivity contribution < 1.29 is 0 Å². The second-order valence-corrected chi connectivity index (χ2v) is 5.17. The summed E-state index contributed by atoms with van der Waals surface area (Å²) in [6.07, 6.45) is 9.88. The van der Waals surface area contributed by atoms with Gasteiger partial charge in [-0.25, -0.2) is 0 Å². The standard InChI is InChI=1S/C14H16.C4H10.C3H8/c1-5-13-8-6-7-12(4)14(13)10-9-11(2)3;1-3-4-2;1-3-2/h5-10H,1-2H2,3-4H3;3-4H2,1-2H3;3H2,1-2H3/b10-9-;;. The maximum atomic E-state index is 3.84. The Morgan fingerprint density at radius 3 is 2.00 bits per heavy atom. The molecular weight excluding hydrogens is 252 g/mol. The topological polar surface area (TPSA) is 0 Å². The van der Waals surface area contributed by atoms with Crippen LogP contribution in [0, 0.1) is 6.92 Å². The van der Waals surface area contributed by atoms with Gasteiger partial charge in [-0.15, -0.1) is 0 Å². The molecule has 21 heavy (non-hydrogen) atoms. The highest BCUT2D eigenvalue weighted by atomic mass is 14.0. The third-order valence-electron chi connectivity index (χ3n) is 2.61. The van der Waals surface area contributed by atoms with Crippen LogP contribution >= 0.6 is 0 Å². The molecule has 0 aliphatic heterocycles. The van der Waals surface area contributed by atoms with Gasteiger partial charge >= 0.3 is 0 Å². The van der Waals surface area contributed by atoms with Gasteiger partial charge in [0.2, 0.25) is 0 Å². The number of allylic oxidation sites excluding steroid dienone is 2. The highest BCUT2D eigenvalue weighted by Gasteiger charge is 1.97. The molecule has 0 aliphatic carbocycles. The van der Waals surface area contributed by atoms with E-state index in [2.05, 4.69) is 66.0 Å². The Bertz CT molecular complexity index is 420. The normalized spacial score (nSPS) is 9.24. The average Bonchev–Trinajstić information content (AvgIpc) is 2.46. The summed E-state index contributed by atoms with van der Waals surface area (Å²) in [4.78, 5) is 0. The van der Waals surface area contributed by atoms with Gasteiger partial charge in [0, 0.05) is 0 Å². The molecule has 1 rings (SSSR count). The molecule has 0 heterocycles. The van der Waals surface area contributed by atoms with Gasteiger partial charge in [0.25, 0.3) is 0 Å². The molecule has 0 radical (unpaired) electrons. The van der Waals surface area contributed by atoms with Crippen molar-refractivity contribution in [3.8, 4) is 0 Å². The largest absolute Gasteiger partial charge is 0.0984 e. The number of unbranched alkanes of at least 4 members (excludes halogenated alkanes) is 1. The van der Waals surface area contributed by atoms with E-state index in [9.17, 15) is 0 Å². The van der Waals surface area contributed by atoms with Crippen molar-refractivity contribution in [1.29, 1.82) is 0 Å². The number of aryl methyl sites for hydroxylation is 1. The lowest BCUT2D eigenvalue weighted by Gasteiger charge is -2.04. The molecule has 0 spiro atoms. The predicted octanol–water partition coefficient (Wildman–Crippen LogP) is 7.45. The fourth-order valence-electron chi connectivity index (χ4n) is 1.33. The summed E-state index contributed by atoms with van der Waals surface area (Å²) in [6, 6.07) is 6.22. The molecular formula is C21H34. The zero-order valence-electron chi connectivity index (χ0n) is 15.0. The van der Waals surface area contributed by atoms with E-state index in [-0.39, 0.29) is 0 Å². The third kappa shape index (κ3) is 11.9. The Morgan fingerprint density at radius 1 is 1.10 bits per heavy atom. The van der Waals surface area contributed by atoms with E-state index in [0.29, 0.717) is 0 Å². The fraction of sp³-hybridized carbons (Fsp3) is 0.429. The zero-order valence-corrected chi connectivity index (χ0v) is 15.0. The number of rotatable bonds is 4. The first-order valence-corrected chi connectivity index (χ1v) is 8.03. The highest BCUT2D eigenvalue weighted by molar-refractivity contribution is 5.68. The minimum absolute atomic E-state index is 1.06. The van der Waals surface area contributed by atoms with Gasteiger partial charge in [0.05, 0.1) is 0 Å². The van der Waals surface area contributed by atoms with Crippen LogP contribution in [0.2, 0.25) is 0 Å². The lowest BCUT2D eigenvalue weighted by molar-refractivity contribution is 0.886. The highest BCUT2D eigenvalue weighted by Crippen LogP contribution is 2.17. The van der Waals surface area contributed by atoms with Crippen molar-refractivity contribution in [3.63, 3.8) is 0 Å². The maximum absolute atomic E-state index is 3.84. The van der Waals surface area contributed by atoms with E-state index in [4.69, 9.17) is 0 Å².